The molecule has 0 aromatic rings. The van der Waals surface area contributed by atoms with Crippen LogP contribution in [0.3, 0.4) is 0 Å². The first kappa shape index (κ1) is 13.8. The molecule has 0 aromatic carbocycles. The number of nitrogens with one attached hydrogen (secondary N) is 3. The predicted molar refractivity (Wildman–Crippen MR) is 68.4 cm³/mol. The summed E-state index contributed by atoms with van der Waals surface area (Å²) in [7, 11) is 1.72. The Balaban J connectivity index is 2.16. The van der Waals surface area contributed by atoms with Gasteiger partial charge in [0.05, 0.1) is 12.1 Å². The molecule has 1 spiro atoms. The molecule has 2 rings (SSSR count). The molecule has 2 heterocycles. The maximum absolute atomic E-state index is 12.4. The first-order chi connectivity index (χ1) is 8.81. The lowest BCUT2D eigenvalue weighted by Crippen LogP contribution is -2.63. The molecular formula is C12H20N4O3. The summed E-state index contributed by atoms with van der Waals surface area (Å²) in [4.78, 5) is 37.2. The Hall–Kier alpha value is -1.63. The molecule has 0 saturated carbocycles. The van der Waals surface area contributed by atoms with Gasteiger partial charge in [-0.3, -0.25) is 14.9 Å². The van der Waals surface area contributed by atoms with Crippen molar-refractivity contribution >= 4 is 17.8 Å². The third-order valence-corrected chi connectivity index (χ3v) is 3.95. The van der Waals surface area contributed by atoms with Crippen LogP contribution in [0.15, 0.2) is 0 Å². The molecule has 2 aliphatic heterocycles. The molecule has 0 radical (unpaired) electrons. The van der Waals surface area contributed by atoms with E-state index in [1.54, 1.807) is 25.8 Å². The minimum absolute atomic E-state index is 0.0666. The number of likely N-dealkylation sites (N-methyl/N-ethyl adjacent to an activating group) is 1. The molecule has 0 aliphatic carbocycles. The molecule has 0 aromatic heterocycles. The van der Waals surface area contributed by atoms with Crippen LogP contribution in [-0.4, -0.2) is 54.0 Å². The highest BCUT2D eigenvalue weighted by molar-refractivity contribution is 6.07. The number of carbonyl (C=O) groups is 3. The van der Waals surface area contributed by atoms with Crippen LogP contribution in [0, 0.1) is 0 Å². The van der Waals surface area contributed by atoms with Crippen molar-refractivity contribution in [2.45, 2.75) is 37.8 Å². The van der Waals surface area contributed by atoms with Gasteiger partial charge in [-0.2, -0.15) is 0 Å². The number of amides is 4. The van der Waals surface area contributed by atoms with E-state index in [0.29, 0.717) is 19.4 Å². The van der Waals surface area contributed by atoms with Crippen molar-refractivity contribution in [2.24, 2.45) is 0 Å². The minimum atomic E-state index is -0.950. The molecule has 7 nitrogen and oxygen atoms in total. The van der Waals surface area contributed by atoms with E-state index in [2.05, 4.69) is 16.0 Å². The van der Waals surface area contributed by atoms with Gasteiger partial charge in [-0.05, 0) is 33.7 Å². The van der Waals surface area contributed by atoms with Gasteiger partial charge in [-0.15, -0.1) is 0 Å². The highest BCUT2D eigenvalue weighted by Gasteiger charge is 2.50. The summed E-state index contributed by atoms with van der Waals surface area (Å²) in [5.41, 5.74) is -1.63. The maximum atomic E-state index is 12.4. The van der Waals surface area contributed by atoms with Crippen LogP contribution in [0.1, 0.15) is 26.7 Å². The number of hydrogen-bond acceptors (Lipinski definition) is 4. The van der Waals surface area contributed by atoms with Gasteiger partial charge in [0, 0.05) is 6.54 Å². The molecule has 1 unspecified atom stereocenters. The Morgan fingerprint density at radius 2 is 2.11 bits per heavy atom. The zero-order valence-corrected chi connectivity index (χ0v) is 11.5. The van der Waals surface area contributed by atoms with Gasteiger partial charge in [-0.1, -0.05) is 0 Å². The highest BCUT2D eigenvalue weighted by Crippen LogP contribution is 2.25. The van der Waals surface area contributed by atoms with Gasteiger partial charge in [0.25, 0.3) is 5.91 Å². The third kappa shape index (κ3) is 2.30. The van der Waals surface area contributed by atoms with Crippen molar-refractivity contribution in [3.05, 3.63) is 0 Å². The Kier molecular flexibility index (Phi) is 3.25. The molecule has 0 bridgehead atoms. The summed E-state index contributed by atoms with van der Waals surface area (Å²) in [6, 6.07) is -0.479. The second-order valence-corrected chi connectivity index (χ2v) is 5.70. The van der Waals surface area contributed by atoms with E-state index >= 15 is 0 Å². The van der Waals surface area contributed by atoms with Crippen LogP contribution >= 0.6 is 0 Å². The van der Waals surface area contributed by atoms with Crippen LogP contribution in [0.25, 0.3) is 0 Å². The standard InChI is InChI=1S/C12H20N4O3/c1-11(2,13-3)9(18)16-6-4-5-12(7-16)8(17)14-10(19)15-12/h13H,4-7H2,1-3H3,(H2,14,15,17,19). The fourth-order valence-corrected chi connectivity index (χ4v) is 2.55. The molecule has 4 amide bonds. The fraction of sp³-hybridized carbons (Fsp3) is 0.750. The second-order valence-electron chi connectivity index (χ2n) is 5.70. The summed E-state index contributed by atoms with van der Waals surface area (Å²) >= 11 is 0. The molecule has 2 saturated heterocycles. The van der Waals surface area contributed by atoms with Gasteiger partial charge < -0.3 is 15.5 Å². The largest absolute Gasteiger partial charge is 0.338 e. The van der Waals surface area contributed by atoms with Gasteiger partial charge >= 0.3 is 6.03 Å². The average molecular weight is 268 g/mol. The SMILES string of the molecule is CNC(C)(C)C(=O)N1CCCC2(C1)NC(=O)NC2=O. The number of rotatable bonds is 2. The Morgan fingerprint density at radius 3 is 2.63 bits per heavy atom. The fourth-order valence-electron chi connectivity index (χ4n) is 2.55. The molecule has 3 N–H and O–H groups in total. The number of imide groups is 1. The van der Waals surface area contributed by atoms with Crippen molar-refractivity contribution < 1.29 is 14.4 Å². The smallest absolute Gasteiger partial charge is 0.322 e. The second kappa shape index (κ2) is 4.48. The van der Waals surface area contributed by atoms with Crippen LogP contribution < -0.4 is 16.0 Å². The highest BCUT2D eigenvalue weighted by atomic mass is 16.2. The zero-order valence-electron chi connectivity index (χ0n) is 11.5. The van der Waals surface area contributed by atoms with Crippen molar-refractivity contribution in [1.82, 2.24) is 20.9 Å². The van der Waals surface area contributed by atoms with E-state index in [1.807, 2.05) is 0 Å². The van der Waals surface area contributed by atoms with E-state index in [1.165, 1.54) is 0 Å². The summed E-state index contributed by atoms with van der Waals surface area (Å²) in [6.45, 7) is 4.43. The van der Waals surface area contributed by atoms with Crippen molar-refractivity contribution in [1.29, 1.82) is 0 Å². The van der Waals surface area contributed by atoms with Crippen LogP contribution in [-0.2, 0) is 9.59 Å². The van der Waals surface area contributed by atoms with Crippen LogP contribution in [0.4, 0.5) is 4.79 Å². The van der Waals surface area contributed by atoms with E-state index in [0.717, 1.165) is 0 Å². The topological polar surface area (TPSA) is 90.5 Å². The number of nitrogens with zero attached hydrogens (tertiary/aromatic N) is 1. The minimum Gasteiger partial charge on any atom is -0.338 e. The monoisotopic (exact) mass is 268 g/mol. The number of piperidine rings is 1. The van der Waals surface area contributed by atoms with Crippen molar-refractivity contribution in [3.8, 4) is 0 Å². The van der Waals surface area contributed by atoms with Gasteiger partial charge in [0.1, 0.15) is 5.54 Å². The lowest BCUT2D eigenvalue weighted by molar-refractivity contribution is -0.141. The summed E-state index contributed by atoms with van der Waals surface area (Å²) < 4.78 is 0. The molecule has 2 aliphatic rings. The van der Waals surface area contributed by atoms with E-state index < -0.39 is 17.1 Å². The lowest BCUT2D eigenvalue weighted by Gasteiger charge is -2.41. The molecule has 1 atom stereocenters. The average Bonchev–Trinajstić information content (AvgIpc) is 2.63. The first-order valence-corrected chi connectivity index (χ1v) is 6.43. The molecule has 7 heteroatoms. The molecular weight excluding hydrogens is 248 g/mol. The van der Waals surface area contributed by atoms with E-state index in [-0.39, 0.29) is 18.4 Å². The lowest BCUT2D eigenvalue weighted by atomic mass is 9.88. The van der Waals surface area contributed by atoms with E-state index in [4.69, 9.17) is 0 Å². The van der Waals surface area contributed by atoms with Crippen LogP contribution in [0.5, 0.6) is 0 Å². The summed E-state index contributed by atoms with van der Waals surface area (Å²) in [6.07, 6.45) is 1.26. The molecule has 106 valence electrons. The number of likely N-dealkylation sites (tertiary alicyclic amines) is 1. The molecule has 19 heavy (non-hydrogen) atoms. The van der Waals surface area contributed by atoms with Crippen molar-refractivity contribution in [2.75, 3.05) is 20.1 Å². The molecule has 2 fully saturated rings. The number of carbonyl (C=O) groups excluding carboxylic acids is 3. The van der Waals surface area contributed by atoms with Crippen molar-refractivity contribution in [3.63, 3.8) is 0 Å². The van der Waals surface area contributed by atoms with Gasteiger partial charge in [-0.25, -0.2) is 4.79 Å². The van der Waals surface area contributed by atoms with Gasteiger partial charge in [0.2, 0.25) is 5.91 Å². The van der Waals surface area contributed by atoms with Gasteiger partial charge in [0.15, 0.2) is 0 Å². The summed E-state index contributed by atoms with van der Waals surface area (Å²) in [5, 5.41) is 7.86. The number of urea groups is 1. The quantitative estimate of drug-likeness (QED) is 0.571. The Labute approximate surface area is 112 Å². The first-order valence-electron chi connectivity index (χ1n) is 6.43. The van der Waals surface area contributed by atoms with Crippen LogP contribution in [0.2, 0.25) is 0 Å². The predicted octanol–water partition coefficient (Wildman–Crippen LogP) is -0.815. The Bertz CT molecular complexity index is 435. The number of hydrogen-bond donors (Lipinski definition) is 3. The van der Waals surface area contributed by atoms with E-state index in [9.17, 15) is 14.4 Å². The third-order valence-electron chi connectivity index (χ3n) is 3.95. The zero-order chi connectivity index (χ0) is 14.3. The maximum Gasteiger partial charge on any atom is 0.322 e. The summed E-state index contributed by atoms with van der Waals surface area (Å²) in [5.74, 6) is -0.403. The normalized spacial score (nSPS) is 27.4. The Morgan fingerprint density at radius 1 is 1.42 bits per heavy atom.